The number of hydrogen-bond acceptors (Lipinski definition) is 3. The molecule has 5 nitrogen and oxygen atoms in total. The van der Waals surface area contributed by atoms with E-state index in [-0.39, 0.29) is 12.5 Å². The maximum absolute atomic E-state index is 11.6. The molecule has 0 heterocycles. The SMILES string of the molecule is CCCN(CC(=O)NC)c1cccc(Cl)c1C=CC(=O)O. The van der Waals surface area contributed by atoms with Gasteiger partial charge in [0.2, 0.25) is 5.91 Å². The van der Waals surface area contributed by atoms with Crippen LogP contribution in [0.3, 0.4) is 0 Å². The van der Waals surface area contributed by atoms with Crippen LogP contribution in [0.1, 0.15) is 18.9 Å². The van der Waals surface area contributed by atoms with Gasteiger partial charge >= 0.3 is 5.97 Å². The summed E-state index contributed by atoms with van der Waals surface area (Å²) in [4.78, 5) is 24.2. The first-order valence-electron chi connectivity index (χ1n) is 6.64. The highest BCUT2D eigenvalue weighted by Gasteiger charge is 2.14. The molecule has 2 N–H and O–H groups in total. The highest BCUT2D eigenvalue weighted by atomic mass is 35.5. The Balaban J connectivity index is 3.20. The number of aliphatic carboxylic acids is 1. The van der Waals surface area contributed by atoms with Crippen molar-refractivity contribution in [2.24, 2.45) is 0 Å². The number of halogens is 1. The summed E-state index contributed by atoms with van der Waals surface area (Å²) in [6.45, 7) is 2.87. The van der Waals surface area contributed by atoms with E-state index in [1.807, 2.05) is 17.9 Å². The number of likely N-dealkylation sites (N-methyl/N-ethyl adjacent to an activating group) is 1. The Kier molecular flexibility index (Phi) is 6.75. The van der Waals surface area contributed by atoms with Gasteiger partial charge in [-0.3, -0.25) is 4.79 Å². The number of nitrogens with zero attached hydrogens (tertiary/aromatic N) is 1. The van der Waals surface area contributed by atoms with E-state index in [0.29, 0.717) is 17.1 Å². The molecule has 0 aromatic heterocycles. The highest BCUT2D eigenvalue weighted by Crippen LogP contribution is 2.29. The number of benzene rings is 1. The topological polar surface area (TPSA) is 69.6 Å². The molecule has 0 fully saturated rings. The lowest BCUT2D eigenvalue weighted by atomic mass is 10.1. The molecular weight excluding hydrogens is 292 g/mol. The average Bonchev–Trinajstić information content (AvgIpc) is 2.45. The molecule has 0 saturated carbocycles. The summed E-state index contributed by atoms with van der Waals surface area (Å²) < 4.78 is 0. The second-order valence-corrected chi connectivity index (χ2v) is 4.85. The molecule has 0 aliphatic carbocycles. The van der Waals surface area contributed by atoms with Crippen LogP contribution in [0.2, 0.25) is 5.02 Å². The van der Waals surface area contributed by atoms with Gasteiger partial charge in [0.15, 0.2) is 0 Å². The predicted octanol–water partition coefficient (Wildman–Crippen LogP) is 2.40. The minimum Gasteiger partial charge on any atom is -0.478 e. The van der Waals surface area contributed by atoms with E-state index in [1.54, 1.807) is 19.2 Å². The van der Waals surface area contributed by atoms with Crippen molar-refractivity contribution in [3.05, 3.63) is 34.9 Å². The van der Waals surface area contributed by atoms with Crippen LogP contribution >= 0.6 is 11.6 Å². The molecule has 0 aliphatic rings. The van der Waals surface area contributed by atoms with Crippen molar-refractivity contribution in [2.45, 2.75) is 13.3 Å². The molecule has 0 bridgehead atoms. The summed E-state index contributed by atoms with van der Waals surface area (Å²) in [7, 11) is 1.58. The van der Waals surface area contributed by atoms with Gasteiger partial charge in [0.1, 0.15) is 0 Å². The van der Waals surface area contributed by atoms with E-state index in [0.717, 1.165) is 18.2 Å². The minimum absolute atomic E-state index is 0.114. The molecule has 1 aromatic carbocycles. The molecule has 0 radical (unpaired) electrons. The van der Waals surface area contributed by atoms with Crippen LogP contribution in [-0.2, 0) is 9.59 Å². The van der Waals surface area contributed by atoms with Gasteiger partial charge in [-0.2, -0.15) is 0 Å². The molecular formula is C15H19ClN2O3. The van der Waals surface area contributed by atoms with Gasteiger partial charge in [-0.1, -0.05) is 24.6 Å². The van der Waals surface area contributed by atoms with Gasteiger partial charge in [0.05, 0.1) is 6.54 Å². The highest BCUT2D eigenvalue weighted by molar-refractivity contribution is 6.32. The number of carbonyl (C=O) groups is 2. The van der Waals surface area contributed by atoms with Crippen LogP contribution in [0.5, 0.6) is 0 Å². The fourth-order valence-electron chi connectivity index (χ4n) is 1.93. The number of hydrogen-bond donors (Lipinski definition) is 2. The van der Waals surface area contributed by atoms with E-state index in [1.165, 1.54) is 6.08 Å². The summed E-state index contributed by atoms with van der Waals surface area (Å²) in [5, 5.41) is 11.8. The number of carboxylic acid groups (broad SMARTS) is 1. The second kappa shape index (κ2) is 8.32. The van der Waals surface area contributed by atoms with Crippen LogP contribution in [0, 0.1) is 0 Å². The number of carbonyl (C=O) groups excluding carboxylic acids is 1. The Hall–Kier alpha value is -2.01. The Labute approximate surface area is 129 Å². The normalized spacial score (nSPS) is 10.6. The van der Waals surface area contributed by atoms with E-state index in [9.17, 15) is 9.59 Å². The lowest BCUT2D eigenvalue weighted by Gasteiger charge is -2.25. The van der Waals surface area contributed by atoms with Crippen molar-refractivity contribution in [1.82, 2.24) is 5.32 Å². The largest absolute Gasteiger partial charge is 0.478 e. The molecule has 0 atom stereocenters. The van der Waals surface area contributed by atoms with Crippen LogP contribution in [-0.4, -0.2) is 37.1 Å². The number of nitrogens with one attached hydrogen (secondary N) is 1. The summed E-state index contributed by atoms with van der Waals surface area (Å²) in [5.41, 5.74) is 1.34. The first-order valence-corrected chi connectivity index (χ1v) is 7.02. The van der Waals surface area contributed by atoms with Crippen molar-refractivity contribution in [1.29, 1.82) is 0 Å². The molecule has 0 aliphatic heterocycles. The minimum atomic E-state index is -1.05. The zero-order chi connectivity index (χ0) is 15.8. The number of rotatable bonds is 7. The molecule has 0 spiro atoms. The molecule has 0 unspecified atom stereocenters. The van der Waals surface area contributed by atoms with Crippen LogP contribution < -0.4 is 10.2 Å². The third kappa shape index (κ3) is 5.11. The van der Waals surface area contributed by atoms with Crippen LogP contribution in [0.4, 0.5) is 5.69 Å². The molecule has 21 heavy (non-hydrogen) atoms. The van der Waals surface area contributed by atoms with Crippen molar-refractivity contribution in [3.8, 4) is 0 Å². The quantitative estimate of drug-likeness (QED) is 0.759. The second-order valence-electron chi connectivity index (χ2n) is 4.44. The molecule has 0 saturated heterocycles. The van der Waals surface area contributed by atoms with Gasteiger partial charge in [-0.25, -0.2) is 4.79 Å². The molecule has 1 amide bonds. The van der Waals surface area contributed by atoms with Crippen molar-refractivity contribution in [3.63, 3.8) is 0 Å². The lowest BCUT2D eigenvalue weighted by molar-refractivity contribution is -0.131. The summed E-state index contributed by atoms with van der Waals surface area (Å²) in [5.74, 6) is -1.16. The zero-order valence-electron chi connectivity index (χ0n) is 12.1. The summed E-state index contributed by atoms with van der Waals surface area (Å²) >= 11 is 6.16. The van der Waals surface area contributed by atoms with Crippen LogP contribution in [0.25, 0.3) is 6.08 Å². The van der Waals surface area contributed by atoms with Crippen molar-refractivity contribution < 1.29 is 14.7 Å². The Morgan fingerprint density at radius 2 is 2.14 bits per heavy atom. The Morgan fingerprint density at radius 1 is 1.43 bits per heavy atom. The maximum Gasteiger partial charge on any atom is 0.328 e. The monoisotopic (exact) mass is 310 g/mol. The van der Waals surface area contributed by atoms with Crippen LogP contribution in [0.15, 0.2) is 24.3 Å². The smallest absolute Gasteiger partial charge is 0.328 e. The third-order valence-corrected chi connectivity index (χ3v) is 3.20. The number of amides is 1. The third-order valence-electron chi connectivity index (χ3n) is 2.87. The lowest BCUT2D eigenvalue weighted by Crippen LogP contribution is -2.36. The zero-order valence-corrected chi connectivity index (χ0v) is 12.9. The Bertz CT molecular complexity index is 544. The molecule has 6 heteroatoms. The molecule has 1 aromatic rings. The van der Waals surface area contributed by atoms with Crippen molar-refractivity contribution in [2.75, 3.05) is 25.0 Å². The summed E-state index contributed by atoms with van der Waals surface area (Å²) in [6.07, 6.45) is 3.34. The predicted molar refractivity (Wildman–Crippen MR) is 84.7 cm³/mol. The van der Waals surface area contributed by atoms with E-state index >= 15 is 0 Å². The van der Waals surface area contributed by atoms with Gasteiger partial charge in [-0.05, 0) is 24.6 Å². The number of anilines is 1. The molecule has 114 valence electrons. The van der Waals surface area contributed by atoms with Gasteiger partial charge in [0, 0.05) is 35.9 Å². The number of carboxylic acids is 1. The van der Waals surface area contributed by atoms with E-state index in [2.05, 4.69) is 5.32 Å². The first-order chi connectivity index (χ1) is 9.99. The van der Waals surface area contributed by atoms with Gasteiger partial charge in [-0.15, -0.1) is 0 Å². The van der Waals surface area contributed by atoms with Crippen molar-refractivity contribution >= 4 is 35.2 Å². The molecule has 1 rings (SSSR count). The van der Waals surface area contributed by atoms with E-state index < -0.39 is 5.97 Å². The summed E-state index contributed by atoms with van der Waals surface area (Å²) in [6, 6.07) is 5.30. The van der Waals surface area contributed by atoms with E-state index in [4.69, 9.17) is 16.7 Å². The maximum atomic E-state index is 11.6. The fourth-order valence-corrected chi connectivity index (χ4v) is 2.16. The van der Waals surface area contributed by atoms with Gasteiger partial charge in [0.25, 0.3) is 0 Å². The van der Waals surface area contributed by atoms with Gasteiger partial charge < -0.3 is 15.3 Å². The fraction of sp³-hybridized carbons (Fsp3) is 0.333. The first kappa shape index (κ1) is 17.0. The Morgan fingerprint density at radius 3 is 2.71 bits per heavy atom. The average molecular weight is 311 g/mol. The standard InChI is InChI=1S/C15H19ClN2O3/c1-3-9-18(10-14(19)17-2)13-6-4-5-12(16)11(13)7-8-15(20)21/h4-8H,3,9-10H2,1-2H3,(H,17,19)(H,20,21).